The number of fused-ring (bicyclic) bond motifs is 5. The second-order valence-corrected chi connectivity index (χ2v) is 21.7. The number of aliphatic hydroxyl groups is 3. The molecule has 342 valence electrons. The third-order valence-electron chi connectivity index (χ3n) is 17.4. The summed E-state index contributed by atoms with van der Waals surface area (Å²) in [4.78, 5) is 12.6. The fraction of sp³-hybridized carbons (Fsp3) is 0.942. The highest BCUT2D eigenvalue weighted by Crippen LogP contribution is 2.67. The quantitative estimate of drug-likeness (QED) is 0.0478. The molecule has 0 aromatic rings. The van der Waals surface area contributed by atoms with Crippen molar-refractivity contribution in [1.29, 1.82) is 0 Å². The highest BCUT2D eigenvalue weighted by Gasteiger charge is 2.59. The molecule has 7 heteroatoms. The molecule has 2 unspecified atom stereocenters. The summed E-state index contributed by atoms with van der Waals surface area (Å²) in [6.07, 6.45) is 27.7. The van der Waals surface area contributed by atoms with Gasteiger partial charge in [-0.3, -0.25) is 4.79 Å². The Bertz CT molecular complexity index is 1270. The van der Waals surface area contributed by atoms with Crippen LogP contribution in [0, 0.1) is 52.3 Å². The number of esters is 1. The molecule has 5 aliphatic rings. The normalized spacial score (nSPS) is 36.7. The maximum Gasteiger partial charge on any atom is 0.305 e. The van der Waals surface area contributed by atoms with E-state index in [1.54, 1.807) is 0 Å². The molecule has 1 saturated heterocycles. The van der Waals surface area contributed by atoms with Gasteiger partial charge in [-0.25, -0.2) is 0 Å². The average molecular weight is 829 g/mol. The van der Waals surface area contributed by atoms with Gasteiger partial charge in [0.05, 0.1) is 6.10 Å². The number of aliphatic hydroxyl groups excluding tert-OH is 3. The molecular weight excluding hydrogens is 737 g/mol. The van der Waals surface area contributed by atoms with Crippen molar-refractivity contribution >= 4 is 5.97 Å². The lowest BCUT2D eigenvalue weighted by molar-refractivity contribution is -0.313. The fourth-order valence-electron chi connectivity index (χ4n) is 13.0. The minimum atomic E-state index is -1.44. The van der Waals surface area contributed by atoms with Gasteiger partial charge in [0.1, 0.15) is 31.0 Å². The van der Waals surface area contributed by atoms with E-state index in [4.69, 9.17) is 14.2 Å². The Morgan fingerprint density at radius 2 is 1.39 bits per heavy atom. The fourth-order valence-corrected chi connectivity index (χ4v) is 13.0. The first-order valence-corrected chi connectivity index (χ1v) is 25.5. The summed E-state index contributed by atoms with van der Waals surface area (Å²) in [5, 5.41) is 32.5. The van der Waals surface area contributed by atoms with Crippen LogP contribution in [0.5, 0.6) is 0 Å². The van der Waals surface area contributed by atoms with Gasteiger partial charge in [0.2, 0.25) is 0 Å². The molecule has 0 radical (unpaired) electrons. The molecule has 59 heavy (non-hydrogen) atoms. The maximum absolute atomic E-state index is 12.6. The molecule has 1 aliphatic heterocycles. The van der Waals surface area contributed by atoms with Gasteiger partial charge >= 0.3 is 5.97 Å². The first kappa shape index (κ1) is 49.0. The van der Waals surface area contributed by atoms with Crippen molar-refractivity contribution in [2.75, 3.05) is 6.61 Å². The molecule has 4 fully saturated rings. The van der Waals surface area contributed by atoms with Crippen molar-refractivity contribution in [2.24, 2.45) is 52.3 Å². The van der Waals surface area contributed by atoms with Crippen LogP contribution < -0.4 is 0 Å². The number of unbranched alkanes of at least 4 members (excludes halogenated alkanes) is 14. The van der Waals surface area contributed by atoms with E-state index < -0.39 is 30.7 Å². The number of hydrogen-bond donors (Lipinski definition) is 3. The summed E-state index contributed by atoms with van der Waals surface area (Å²) in [7, 11) is 0. The Hall–Kier alpha value is -0.990. The molecule has 3 N–H and O–H groups in total. The number of carbonyl (C=O) groups excluding carboxylic acids is 1. The number of rotatable bonds is 25. The van der Waals surface area contributed by atoms with E-state index >= 15 is 0 Å². The first-order chi connectivity index (χ1) is 28.3. The Kier molecular flexibility index (Phi) is 19.6. The van der Waals surface area contributed by atoms with Gasteiger partial charge in [-0.2, -0.15) is 0 Å². The molecule has 14 atom stereocenters. The monoisotopic (exact) mass is 829 g/mol. The molecule has 0 bridgehead atoms. The SMILES string of the molecule is CCCCCCCCCCCCCCCCCC(=O)OCC1O[C@@H](O[C@H]2CC[C@@]3(C)C(=CC[C@H]4[C@@H]5CC[C@H]([C@H](C)CC[C@@H](C)C(C)C)[C@@]5(C)CC[C@@H]43)C2)[C@@H](O)C(O)[C@@H]1O. The largest absolute Gasteiger partial charge is 0.463 e. The molecule has 0 spiro atoms. The van der Waals surface area contributed by atoms with Crippen LogP contribution in [0.2, 0.25) is 0 Å². The standard InChI is InChI=1S/C52H92O7/c1-8-9-10-11-12-13-14-15-16-17-18-19-20-21-22-23-46(53)57-35-45-47(54)48(55)49(56)50(59-45)58-40-30-32-51(6)39(34-40)26-27-41-43-29-28-42(52(43,7)33-31-44(41)51)38(5)25-24-37(4)36(2)3/h26,36-38,40-45,47-50,54-56H,8-25,27-35H2,1-7H3/t37-,38-,40+,41+,42-,43+,44+,45?,47-,48?,49+,50-,51+,52-/m1/s1. The Labute approximate surface area is 362 Å². The van der Waals surface area contributed by atoms with Crippen LogP contribution in [0.25, 0.3) is 0 Å². The van der Waals surface area contributed by atoms with Gasteiger partial charge in [-0.15, -0.1) is 0 Å². The van der Waals surface area contributed by atoms with Gasteiger partial charge in [0.25, 0.3) is 0 Å². The summed E-state index contributed by atoms with van der Waals surface area (Å²) < 4.78 is 18.0. The minimum Gasteiger partial charge on any atom is -0.463 e. The van der Waals surface area contributed by atoms with Crippen LogP contribution in [-0.4, -0.2) is 64.7 Å². The molecule has 4 aliphatic carbocycles. The van der Waals surface area contributed by atoms with Crippen molar-refractivity contribution in [3.8, 4) is 0 Å². The molecule has 0 aromatic carbocycles. The predicted molar refractivity (Wildman–Crippen MR) is 240 cm³/mol. The van der Waals surface area contributed by atoms with E-state index in [1.165, 1.54) is 121 Å². The number of carbonyl (C=O) groups is 1. The lowest BCUT2D eigenvalue weighted by Crippen LogP contribution is -2.60. The van der Waals surface area contributed by atoms with Crippen molar-refractivity contribution in [3.05, 3.63) is 11.6 Å². The van der Waals surface area contributed by atoms with Crippen LogP contribution in [0.1, 0.15) is 215 Å². The van der Waals surface area contributed by atoms with Gasteiger partial charge in [0.15, 0.2) is 6.29 Å². The Balaban J connectivity index is 1.01. The van der Waals surface area contributed by atoms with E-state index in [0.717, 1.165) is 80.5 Å². The number of hydrogen-bond acceptors (Lipinski definition) is 7. The smallest absolute Gasteiger partial charge is 0.305 e. The minimum absolute atomic E-state index is 0.139. The second-order valence-electron chi connectivity index (χ2n) is 21.7. The van der Waals surface area contributed by atoms with Crippen molar-refractivity contribution in [1.82, 2.24) is 0 Å². The summed E-state index contributed by atoms with van der Waals surface area (Å²) >= 11 is 0. The zero-order valence-electron chi connectivity index (χ0n) is 39.1. The maximum atomic E-state index is 12.6. The van der Waals surface area contributed by atoms with E-state index in [1.807, 2.05) is 0 Å². The lowest BCUT2D eigenvalue weighted by Gasteiger charge is -2.58. The highest BCUT2D eigenvalue weighted by atomic mass is 16.7. The van der Waals surface area contributed by atoms with Gasteiger partial charge < -0.3 is 29.5 Å². The molecule has 3 saturated carbocycles. The Morgan fingerprint density at radius 3 is 2.02 bits per heavy atom. The van der Waals surface area contributed by atoms with Gasteiger partial charge in [-0.05, 0) is 110 Å². The number of ether oxygens (including phenoxy) is 3. The van der Waals surface area contributed by atoms with Crippen LogP contribution in [0.15, 0.2) is 11.6 Å². The second kappa shape index (κ2) is 23.6. The third kappa shape index (κ3) is 12.8. The summed E-state index contributed by atoms with van der Waals surface area (Å²) in [6, 6.07) is 0. The van der Waals surface area contributed by atoms with Crippen LogP contribution in [0.3, 0.4) is 0 Å². The van der Waals surface area contributed by atoms with E-state index in [0.29, 0.717) is 17.8 Å². The Morgan fingerprint density at radius 1 is 0.763 bits per heavy atom. The molecule has 0 amide bonds. The van der Waals surface area contributed by atoms with Crippen LogP contribution in [0.4, 0.5) is 0 Å². The van der Waals surface area contributed by atoms with E-state index in [2.05, 4.69) is 54.5 Å². The molecule has 1 heterocycles. The van der Waals surface area contributed by atoms with E-state index in [9.17, 15) is 20.1 Å². The molecule has 0 aromatic heterocycles. The van der Waals surface area contributed by atoms with Gasteiger partial charge in [0, 0.05) is 6.42 Å². The molecule has 7 nitrogen and oxygen atoms in total. The average Bonchev–Trinajstić information content (AvgIpc) is 3.58. The third-order valence-corrected chi connectivity index (χ3v) is 17.4. The van der Waals surface area contributed by atoms with Crippen molar-refractivity contribution in [3.63, 3.8) is 0 Å². The summed E-state index contributed by atoms with van der Waals surface area (Å²) in [5.74, 6) is 5.17. The topological polar surface area (TPSA) is 105 Å². The van der Waals surface area contributed by atoms with Crippen LogP contribution in [-0.2, 0) is 19.0 Å². The zero-order chi connectivity index (χ0) is 42.6. The lowest BCUT2D eigenvalue weighted by atomic mass is 9.47. The highest BCUT2D eigenvalue weighted by molar-refractivity contribution is 5.69. The summed E-state index contributed by atoms with van der Waals surface area (Å²) in [5.41, 5.74) is 2.13. The predicted octanol–water partition coefficient (Wildman–Crippen LogP) is 12.3. The molecule has 5 rings (SSSR count). The van der Waals surface area contributed by atoms with Crippen molar-refractivity contribution < 1.29 is 34.3 Å². The summed E-state index contributed by atoms with van der Waals surface area (Å²) in [6.45, 7) is 17.0. The first-order valence-electron chi connectivity index (χ1n) is 25.5. The number of allylic oxidation sites excluding steroid dienone is 1. The van der Waals surface area contributed by atoms with Gasteiger partial charge in [-0.1, -0.05) is 163 Å². The van der Waals surface area contributed by atoms with Crippen molar-refractivity contribution in [2.45, 2.75) is 252 Å². The van der Waals surface area contributed by atoms with Crippen LogP contribution >= 0.6 is 0 Å². The van der Waals surface area contributed by atoms with E-state index in [-0.39, 0.29) is 24.1 Å². The zero-order valence-corrected chi connectivity index (χ0v) is 39.1. The molecular formula is C52H92O7.